The molecule has 4 aromatic rings. The van der Waals surface area contributed by atoms with Gasteiger partial charge in [0.25, 0.3) is 5.91 Å². The van der Waals surface area contributed by atoms with E-state index in [0.717, 1.165) is 12.1 Å². The summed E-state index contributed by atoms with van der Waals surface area (Å²) in [5, 5.41) is 15.5. The Morgan fingerprint density at radius 2 is 1.78 bits per heavy atom. The zero-order valence-electron chi connectivity index (χ0n) is 25.8. The topological polar surface area (TPSA) is 129 Å². The monoisotopic (exact) mass is 739 g/mol. The van der Waals surface area contributed by atoms with Crippen LogP contribution in [0.1, 0.15) is 45.9 Å². The number of aliphatic hydroxyl groups is 1. The van der Waals surface area contributed by atoms with Gasteiger partial charge in [0.1, 0.15) is 11.6 Å². The molecule has 0 saturated heterocycles. The molecule has 5 rings (SSSR count). The molecular weight excluding hydrogens is 710 g/mol. The van der Waals surface area contributed by atoms with Crippen LogP contribution in [-0.2, 0) is 35.2 Å². The largest absolute Gasteiger partial charge is 0.494 e. The Hall–Kier alpha value is -4.91. The number of ether oxygens (including phenoxy) is 2. The summed E-state index contributed by atoms with van der Waals surface area (Å²) in [5.74, 6) is -1.12. The van der Waals surface area contributed by atoms with Gasteiger partial charge >= 0.3 is 6.18 Å². The lowest BCUT2D eigenvalue weighted by atomic mass is 9.81. The van der Waals surface area contributed by atoms with Gasteiger partial charge in [0.2, 0.25) is 5.90 Å². The van der Waals surface area contributed by atoms with E-state index in [1.807, 2.05) is 0 Å². The van der Waals surface area contributed by atoms with Crippen LogP contribution in [0.2, 0.25) is 0 Å². The summed E-state index contributed by atoms with van der Waals surface area (Å²) in [4.78, 5) is 22.3. The molecular formula is C35H30BrF4N5O4. The summed E-state index contributed by atoms with van der Waals surface area (Å²) in [6.45, 7) is -0.151. The molecule has 0 unspecified atom stereocenters. The van der Waals surface area contributed by atoms with E-state index in [1.54, 1.807) is 72.8 Å². The van der Waals surface area contributed by atoms with Gasteiger partial charge < -0.3 is 19.9 Å². The first-order valence-electron chi connectivity index (χ1n) is 15.1. The maximum Gasteiger partial charge on any atom is 0.416 e. The molecule has 1 amide bonds. The van der Waals surface area contributed by atoms with E-state index in [0.29, 0.717) is 51.6 Å². The Morgan fingerprint density at radius 1 is 1.06 bits per heavy atom. The van der Waals surface area contributed by atoms with Gasteiger partial charge in [0.15, 0.2) is 11.6 Å². The highest BCUT2D eigenvalue weighted by atomic mass is 79.9. The van der Waals surface area contributed by atoms with Crippen LogP contribution in [0.15, 0.2) is 106 Å². The van der Waals surface area contributed by atoms with Gasteiger partial charge in [-0.2, -0.15) is 13.2 Å². The van der Waals surface area contributed by atoms with Gasteiger partial charge in [-0.3, -0.25) is 4.79 Å². The molecule has 1 aliphatic heterocycles. The number of hydrogen-bond donors (Lipinski definition) is 2. The summed E-state index contributed by atoms with van der Waals surface area (Å²) in [5.41, 5.74) is 8.31. The van der Waals surface area contributed by atoms with Gasteiger partial charge in [-0.05, 0) is 70.8 Å². The molecule has 1 heterocycles. The zero-order valence-corrected chi connectivity index (χ0v) is 27.4. The number of nitrogens with zero attached hydrogens (tertiary/aromatic N) is 4. The van der Waals surface area contributed by atoms with E-state index in [2.05, 4.69) is 31.3 Å². The van der Waals surface area contributed by atoms with Gasteiger partial charge in [0.05, 0.1) is 18.7 Å². The van der Waals surface area contributed by atoms with E-state index in [4.69, 9.17) is 25.1 Å². The van der Waals surface area contributed by atoms with E-state index in [1.165, 1.54) is 0 Å². The van der Waals surface area contributed by atoms with Crippen molar-refractivity contribution in [3.8, 4) is 5.75 Å². The Morgan fingerprint density at radius 3 is 2.47 bits per heavy atom. The van der Waals surface area contributed by atoms with Gasteiger partial charge in [-0.1, -0.05) is 63.5 Å². The molecule has 0 saturated carbocycles. The lowest BCUT2D eigenvalue weighted by Gasteiger charge is -2.32. The number of benzene rings is 4. The SMILES string of the molecule is [N-]=[N+]=NCc1ccccc1C[C@@]1(C(=O)NCc2cc(F)cc(C(F)(F)F)c2)N=C(c2ccc(OCCCO)cc2)O[C@@H]1c1ccccc1Br. The minimum Gasteiger partial charge on any atom is -0.494 e. The normalized spacial score (nSPS) is 17.1. The fourth-order valence-corrected chi connectivity index (χ4v) is 5.97. The van der Waals surface area contributed by atoms with Gasteiger partial charge in [-0.15, -0.1) is 0 Å². The molecule has 254 valence electrons. The number of aliphatic hydroxyl groups excluding tert-OH is 1. The second-order valence-electron chi connectivity index (χ2n) is 11.2. The summed E-state index contributed by atoms with van der Waals surface area (Å²) in [6, 6.07) is 23.0. The number of halogens is 5. The molecule has 2 N–H and O–H groups in total. The van der Waals surface area contributed by atoms with Crippen molar-refractivity contribution in [1.82, 2.24) is 5.32 Å². The minimum absolute atomic E-state index is 0.0112. The predicted octanol–water partition coefficient (Wildman–Crippen LogP) is 7.99. The van der Waals surface area contributed by atoms with Crippen molar-refractivity contribution in [2.24, 2.45) is 10.1 Å². The standard InChI is InChI=1S/C35H30BrF4N5O4/c36-30-9-4-3-8-29(30)31-34(19-24-6-1-2-7-25(24)21-43-45-41,33(47)42-20-22-16-26(35(38,39)40)18-27(37)17-22)44-32(49-31)23-10-12-28(13-11-23)48-15-5-14-46/h1-4,6-13,16-18,31,46H,5,14-15,19-21H2,(H,42,47)/t31-,34-/m1/s1. The smallest absolute Gasteiger partial charge is 0.416 e. The van der Waals surface area contributed by atoms with Gasteiger partial charge in [-0.25, -0.2) is 9.38 Å². The number of carbonyl (C=O) groups is 1. The van der Waals surface area contributed by atoms with Crippen molar-refractivity contribution in [2.75, 3.05) is 13.2 Å². The van der Waals surface area contributed by atoms with Crippen LogP contribution < -0.4 is 10.1 Å². The zero-order chi connectivity index (χ0) is 35.0. The highest BCUT2D eigenvalue weighted by Gasteiger charge is 2.54. The van der Waals surface area contributed by atoms with Gasteiger partial charge in [0, 0.05) is 46.5 Å². The van der Waals surface area contributed by atoms with Crippen molar-refractivity contribution in [2.45, 2.75) is 43.8 Å². The fraction of sp³-hybridized carbons (Fsp3) is 0.257. The first-order chi connectivity index (χ1) is 23.5. The van der Waals surface area contributed by atoms with Crippen LogP contribution in [0.4, 0.5) is 17.6 Å². The highest BCUT2D eigenvalue weighted by Crippen LogP contribution is 2.45. The molecule has 0 aromatic heterocycles. The Kier molecular flexibility index (Phi) is 11.2. The quantitative estimate of drug-likeness (QED) is 0.0474. The lowest BCUT2D eigenvalue weighted by molar-refractivity contribution is -0.137. The maximum atomic E-state index is 14.6. The number of rotatable bonds is 13. The van der Waals surface area contributed by atoms with E-state index in [-0.39, 0.29) is 31.0 Å². The third kappa shape index (κ3) is 8.40. The molecule has 1 aliphatic rings. The number of hydrogen-bond acceptors (Lipinski definition) is 6. The second kappa shape index (κ2) is 15.5. The summed E-state index contributed by atoms with van der Waals surface area (Å²) >= 11 is 3.57. The van der Waals surface area contributed by atoms with Crippen LogP contribution in [0, 0.1) is 5.82 Å². The third-order valence-corrected chi connectivity index (χ3v) is 8.56. The van der Waals surface area contributed by atoms with E-state index in [9.17, 15) is 22.4 Å². The molecule has 9 nitrogen and oxygen atoms in total. The molecule has 0 fully saturated rings. The first-order valence-corrected chi connectivity index (χ1v) is 15.9. The molecule has 14 heteroatoms. The molecule has 4 aromatic carbocycles. The molecule has 0 bridgehead atoms. The highest BCUT2D eigenvalue weighted by molar-refractivity contribution is 9.10. The van der Waals surface area contributed by atoms with E-state index < -0.39 is 41.7 Å². The van der Waals surface area contributed by atoms with Crippen molar-refractivity contribution >= 4 is 27.7 Å². The number of aliphatic imine (C=N–C) groups is 1. The van der Waals surface area contributed by atoms with Crippen molar-refractivity contribution in [1.29, 1.82) is 0 Å². The summed E-state index contributed by atoms with van der Waals surface area (Å²) in [6.07, 6.45) is -5.45. The number of carbonyl (C=O) groups excluding carboxylic acids is 1. The second-order valence-corrected chi connectivity index (χ2v) is 12.0. The average molecular weight is 741 g/mol. The maximum absolute atomic E-state index is 14.6. The molecule has 0 radical (unpaired) electrons. The Labute approximate surface area is 287 Å². The molecule has 49 heavy (non-hydrogen) atoms. The Balaban J connectivity index is 1.61. The van der Waals surface area contributed by atoms with E-state index >= 15 is 0 Å². The third-order valence-electron chi connectivity index (χ3n) is 7.84. The average Bonchev–Trinajstić information content (AvgIpc) is 3.47. The number of nitrogens with one attached hydrogen (secondary N) is 1. The van der Waals surface area contributed by atoms with Crippen LogP contribution >= 0.6 is 15.9 Å². The van der Waals surface area contributed by atoms with Crippen LogP contribution in [-0.4, -0.2) is 35.7 Å². The number of amides is 1. The summed E-state index contributed by atoms with van der Waals surface area (Å²) < 4.78 is 67.4. The number of azide groups is 1. The van der Waals surface area contributed by atoms with Crippen molar-refractivity contribution in [3.05, 3.63) is 145 Å². The van der Waals surface area contributed by atoms with Crippen LogP contribution in [0.25, 0.3) is 10.4 Å². The number of alkyl halides is 3. The van der Waals surface area contributed by atoms with Crippen molar-refractivity contribution < 1.29 is 36.9 Å². The van der Waals surface area contributed by atoms with Crippen LogP contribution in [0.3, 0.4) is 0 Å². The molecule has 0 aliphatic carbocycles. The first kappa shape index (κ1) is 35.4. The molecule has 0 spiro atoms. The lowest BCUT2D eigenvalue weighted by Crippen LogP contribution is -2.50. The summed E-state index contributed by atoms with van der Waals surface area (Å²) in [7, 11) is 0. The van der Waals surface area contributed by atoms with Crippen LogP contribution in [0.5, 0.6) is 5.75 Å². The van der Waals surface area contributed by atoms with Crippen molar-refractivity contribution in [3.63, 3.8) is 0 Å². The predicted molar refractivity (Wildman–Crippen MR) is 177 cm³/mol. The fourth-order valence-electron chi connectivity index (χ4n) is 5.48. The Bertz CT molecular complexity index is 1880. The minimum atomic E-state index is -4.79. The molecule has 2 atom stereocenters.